The number of carbonyl (C=O) groups excluding carboxylic acids is 2. The minimum atomic E-state index is -0.149. The third-order valence-corrected chi connectivity index (χ3v) is 7.19. The second kappa shape index (κ2) is 11.6. The molecule has 1 atom stereocenters. The van der Waals surface area contributed by atoms with Crippen LogP contribution in [0.3, 0.4) is 0 Å². The maximum Gasteiger partial charge on any atom is 0.253 e. The number of hydrogen-bond donors (Lipinski definition) is 1. The molecule has 1 N–H and O–H groups in total. The Balaban J connectivity index is 1.23. The smallest absolute Gasteiger partial charge is 0.253 e. The lowest BCUT2D eigenvalue weighted by Gasteiger charge is -2.34. The predicted octanol–water partition coefficient (Wildman–Crippen LogP) is 3.30. The van der Waals surface area contributed by atoms with Gasteiger partial charge in [-0.05, 0) is 49.6 Å². The van der Waals surface area contributed by atoms with Crippen LogP contribution < -0.4 is 5.32 Å². The van der Waals surface area contributed by atoms with E-state index in [9.17, 15) is 9.59 Å². The lowest BCUT2D eigenvalue weighted by molar-refractivity contribution is -0.126. The summed E-state index contributed by atoms with van der Waals surface area (Å²) >= 11 is 0. The maximum atomic E-state index is 12.9. The first-order chi connectivity index (χ1) is 16.5. The molecule has 2 aromatic rings. The fourth-order valence-corrected chi connectivity index (χ4v) is 4.87. The second-order valence-corrected chi connectivity index (χ2v) is 9.70. The number of piperidine rings is 1. The number of hydrogen-bond acceptors (Lipinski definition) is 4. The molecule has 182 valence electrons. The SMILES string of the molecule is CCN1CCN(Cc2ccc(CNC(=O)C3CCCN(C(=O)c4ccc(C)cc4)C3)cc2)CC1. The molecule has 0 saturated carbocycles. The van der Waals surface area contributed by atoms with Crippen molar-refractivity contribution in [3.63, 3.8) is 0 Å². The lowest BCUT2D eigenvalue weighted by atomic mass is 9.96. The van der Waals surface area contributed by atoms with Gasteiger partial charge in [-0.2, -0.15) is 0 Å². The summed E-state index contributed by atoms with van der Waals surface area (Å²) in [6.45, 7) is 12.6. The van der Waals surface area contributed by atoms with Crippen LogP contribution in [0.2, 0.25) is 0 Å². The van der Waals surface area contributed by atoms with Gasteiger partial charge < -0.3 is 15.1 Å². The average molecular weight is 463 g/mol. The molecule has 0 aromatic heterocycles. The van der Waals surface area contributed by atoms with Crippen molar-refractivity contribution in [3.05, 3.63) is 70.8 Å². The van der Waals surface area contributed by atoms with Crippen LogP contribution >= 0.6 is 0 Å². The zero-order valence-corrected chi connectivity index (χ0v) is 20.6. The van der Waals surface area contributed by atoms with E-state index in [4.69, 9.17) is 0 Å². The summed E-state index contributed by atoms with van der Waals surface area (Å²) in [6, 6.07) is 16.2. The number of likely N-dealkylation sites (N-methyl/N-ethyl adjacent to an activating group) is 1. The Labute approximate surface area is 203 Å². The van der Waals surface area contributed by atoms with Crippen molar-refractivity contribution in [1.29, 1.82) is 0 Å². The van der Waals surface area contributed by atoms with Crippen molar-refractivity contribution in [2.75, 3.05) is 45.8 Å². The van der Waals surface area contributed by atoms with Crippen LogP contribution in [0.4, 0.5) is 0 Å². The zero-order chi connectivity index (χ0) is 23.9. The summed E-state index contributed by atoms with van der Waals surface area (Å²) in [6.07, 6.45) is 1.69. The van der Waals surface area contributed by atoms with Crippen molar-refractivity contribution in [2.24, 2.45) is 5.92 Å². The van der Waals surface area contributed by atoms with Crippen LogP contribution in [0, 0.1) is 12.8 Å². The van der Waals surface area contributed by atoms with Gasteiger partial charge in [0.15, 0.2) is 0 Å². The highest BCUT2D eigenvalue weighted by molar-refractivity contribution is 5.94. The summed E-state index contributed by atoms with van der Waals surface area (Å²) in [5.41, 5.74) is 4.25. The summed E-state index contributed by atoms with van der Waals surface area (Å²) in [5.74, 6) is -0.0901. The van der Waals surface area contributed by atoms with E-state index < -0.39 is 0 Å². The first-order valence-corrected chi connectivity index (χ1v) is 12.7. The molecule has 34 heavy (non-hydrogen) atoms. The minimum Gasteiger partial charge on any atom is -0.352 e. The highest BCUT2D eigenvalue weighted by Crippen LogP contribution is 2.19. The molecule has 1 unspecified atom stereocenters. The first-order valence-electron chi connectivity index (χ1n) is 12.7. The molecule has 0 bridgehead atoms. The van der Waals surface area contributed by atoms with Gasteiger partial charge in [0, 0.05) is 57.9 Å². The quantitative estimate of drug-likeness (QED) is 0.686. The van der Waals surface area contributed by atoms with Crippen molar-refractivity contribution in [1.82, 2.24) is 20.0 Å². The van der Waals surface area contributed by atoms with Gasteiger partial charge in [-0.15, -0.1) is 0 Å². The Bertz CT molecular complexity index is 949. The Morgan fingerprint density at radius 2 is 1.53 bits per heavy atom. The van der Waals surface area contributed by atoms with Crippen molar-refractivity contribution >= 4 is 11.8 Å². The fourth-order valence-electron chi connectivity index (χ4n) is 4.87. The van der Waals surface area contributed by atoms with Crippen molar-refractivity contribution in [3.8, 4) is 0 Å². The monoisotopic (exact) mass is 462 g/mol. The molecule has 2 amide bonds. The molecule has 4 rings (SSSR count). The van der Waals surface area contributed by atoms with Gasteiger partial charge in [0.25, 0.3) is 5.91 Å². The van der Waals surface area contributed by atoms with Gasteiger partial charge in [0.1, 0.15) is 0 Å². The van der Waals surface area contributed by atoms with E-state index in [0.717, 1.165) is 63.2 Å². The lowest BCUT2D eigenvalue weighted by Crippen LogP contribution is -2.45. The third kappa shape index (κ3) is 6.45. The Morgan fingerprint density at radius 3 is 2.21 bits per heavy atom. The van der Waals surface area contributed by atoms with Crippen LogP contribution in [0.5, 0.6) is 0 Å². The first kappa shape index (κ1) is 24.4. The summed E-state index contributed by atoms with van der Waals surface area (Å²) in [4.78, 5) is 32.5. The number of nitrogens with one attached hydrogen (secondary N) is 1. The van der Waals surface area contributed by atoms with E-state index in [1.807, 2.05) is 36.1 Å². The molecule has 2 heterocycles. The molecule has 2 fully saturated rings. The molecule has 2 saturated heterocycles. The predicted molar refractivity (Wildman–Crippen MR) is 135 cm³/mol. The molecule has 6 nitrogen and oxygen atoms in total. The number of nitrogens with zero attached hydrogens (tertiary/aromatic N) is 3. The van der Waals surface area contributed by atoms with E-state index in [-0.39, 0.29) is 17.7 Å². The number of amides is 2. The van der Waals surface area contributed by atoms with Crippen molar-refractivity contribution < 1.29 is 9.59 Å². The summed E-state index contributed by atoms with van der Waals surface area (Å²) in [7, 11) is 0. The number of carbonyl (C=O) groups is 2. The maximum absolute atomic E-state index is 12.9. The standard InChI is InChI=1S/C28H38N4O2/c1-3-30-15-17-31(18-16-30)20-24-10-8-23(9-11-24)19-29-27(33)26-5-4-14-32(21-26)28(34)25-12-6-22(2)7-13-25/h6-13,26H,3-5,14-21H2,1-2H3,(H,29,33). The van der Waals surface area contributed by atoms with Gasteiger partial charge in [-0.25, -0.2) is 0 Å². The largest absolute Gasteiger partial charge is 0.352 e. The minimum absolute atomic E-state index is 0.0178. The summed E-state index contributed by atoms with van der Waals surface area (Å²) in [5, 5.41) is 3.09. The Hall–Kier alpha value is -2.70. The Morgan fingerprint density at radius 1 is 0.882 bits per heavy atom. The number of rotatable bonds is 7. The number of likely N-dealkylation sites (tertiary alicyclic amines) is 1. The van der Waals surface area contributed by atoms with Gasteiger partial charge >= 0.3 is 0 Å². The van der Waals surface area contributed by atoms with Gasteiger partial charge in [-0.1, -0.05) is 48.9 Å². The number of aryl methyl sites for hydroxylation is 1. The molecule has 0 aliphatic carbocycles. The normalized spacial score (nSPS) is 19.7. The van der Waals surface area contributed by atoms with E-state index in [1.54, 1.807) is 0 Å². The van der Waals surface area contributed by atoms with Crippen LogP contribution in [0.1, 0.15) is 46.8 Å². The average Bonchev–Trinajstić information content (AvgIpc) is 2.88. The molecule has 0 radical (unpaired) electrons. The number of piperazine rings is 1. The highest BCUT2D eigenvalue weighted by Gasteiger charge is 2.28. The molecule has 2 aliphatic rings. The molecule has 6 heteroatoms. The third-order valence-electron chi connectivity index (χ3n) is 7.19. The van der Waals surface area contributed by atoms with Gasteiger partial charge in [0.05, 0.1) is 5.92 Å². The van der Waals surface area contributed by atoms with Crippen LogP contribution in [-0.4, -0.2) is 72.3 Å². The van der Waals surface area contributed by atoms with Crippen LogP contribution in [0.25, 0.3) is 0 Å². The van der Waals surface area contributed by atoms with E-state index in [0.29, 0.717) is 25.2 Å². The Kier molecular flexibility index (Phi) is 8.35. The fraction of sp³-hybridized carbons (Fsp3) is 0.500. The molecule has 2 aliphatic heterocycles. The summed E-state index contributed by atoms with van der Waals surface area (Å²) < 4.78 is 0. The molecule has 2 aromatic carbocycles. The van der Waals surface area contributed by atoms with Crippen molar-refractivity contribution in [2.45, 2.75) is 39.8 Å². The van der Waals surface area contributed by atoms with E-state index in [2.05, 4.69) is 46.3 Å². The van der Waals surface area contributed by atoms with Crippen LogP contribution in [0.15, 0.2) is 48.5 Å². The van der Waals surface area contributed by atoms with E-state index in [1.165, 1.54) is 5.56 Å². The highest BCUT2D eigenvalue weighted by atomic mass is 16.2. The van der Waals surface area contributed by atoms with E-state index >= 15 is 0 Å². The van der Waals surface area contributed by atoms with Crippen LogP contribution in [-0.2, 0) is 17.9 Å². The number of benzene rings is 2. The van der Waals surface area contributed by atoms with Gasteiger partial charge in [0.2, 0.25) is 5.91 Å². The molecular weight excluding hydrogens is 424 g/mol. The zero-order valence-electron chi connectivity index (χ0n) is 20.6. The van der Waals surface area contributed by atoms with Gasteiger partial charge in [-0.3, -0.25) is 14.5 Å². The molecule has 0 spiro atoms. The second-order valence-electron chi connectivity index (χ2n) is 9.70. The topological polar surface area (TPSA) is 55.9 Å². The molecular formula is C28H38N4O2.